The molecule has 0 radical (unpaired) electrons. The second kappa shape index (κ2) is 9.54. The van der Waals surface area contributed by atoms with E-state index >= 15 is 0 Å². The molecule has 1 aliphatic rings. The number of sulfonamides is 1. The molecular weight excluding hydrogens is 409 g/mol. The molecule has 0 spiro atoms. The normalized spacial score (nSPS) is 18.3. The first-order valence-electron chi connectivity index (χ1n) is 8.71. The number of hydrogen-bond donors (Lipinski definition) is 1. The first kappa shape index (κ1) is 24.1. The van der Waals surface area contributed by atoms with E-state index in [9.17, 15) is 8.42 Å². The van der Waals surface area contributed by atoms with Crippen LogP contribution < -0.4 is 5.32 Å². The highest BCUT2D eigenvalue weighted by atomic mass is 35.5. The largest absolute Gasteiger partial charge is 0.327 e. The lowest BCUT2D eigenvalue weighted by Gasteiger charge is -2.33. The predicted octanol–water partition coefficient (Wildman–Crippen LogP) is 1.94. The molecule has 1 atom stereocenters. The molecule has 1 aromatic carbocycles. The number of benzene rings is 1. The fourth-order valence-corrected chi connectivity index (χ4v) is 4.23. The van der Waals surface area contributed by atoms with Crippen LogP contribution in [-0.2, 0) is 23.1 Å². The first-order chi connectivity index (χ1) is 11.8. The number of nitrogens with zero attached hydrogens (tertiary/aromatic N) is 4. The Kier molecular flexibility index (Phi) is 8.53. The van der Waals surface area contributed by atoms with Crippen molar-refractivity contribution in [2.45, 2.75) is 37.9 Å². The van der Waals surface area contributed by atoms with Crippen molar-refractivity contribution in [2.75, 3.05) is 33.7 Å². The van der Waals surface area contributed by atoms with Crippen molar-refractivity contribution < 1.29 is 8.42 Å². The summed E-state index contributed by atoms with van der Waals surface area (Å²) < 4.78 is 28.2. The van der Waals surface area contributed by atoms with E-state index in [2.05, 4.69) is 28.6 Å². The third-order valence-corrected chi connectivity index (χ3v) is 6.69. The standard InChI is InChI=1S/C17H27N5O2S.2ClH/c1-5-22-16-7-6-14(25(23,24)20(3)4)10-15(16)19-17(22)12-21-9-8-18-11-13(21)2;;/h6-7,10,13,18H,5,8-9,11-12H2,1-4H3;2*1H/t13-;;/m1../s1. The van der Waals surface area contributed by atoms with Gasteiger partial charge in [0.05, 0.1) is 22.5 Å². The number of imidazole rings is 1. The maximum atomic E-state index is 12.4. The van der Waals surface area contributed by atoms with Crippen molar-refractivity contribution >= 4 is 45.9 Å². The molecule has 1 saturated heterocycles. The second-order valence-electron chi connectivity index (χ2n) is 6.73. The summed E-state index contributed by atoms with van der Waals surface area (Å²) in [5.74, 6) is 0.991. The topological polar surface area (TPSA) is 70.5 Å². The van der Waals surface area contributed by atoms with Crippen molar-refractivity contribution in [2.24, 2.45) is 0 Å². The van der Waals surface area contributed by atoms with Crippen LogP contribution in [0, 0.1) is 0 Å². The highest BCUT2D eigenvalue weighted by Gasteiger charge is 2.22. The van der Waals surface area contributed by atoms with Gasteiger partial charge in [0.2, 0.25) is 10.0 Å². The quantitative estimate of drug-likeness (QED) is 0.773. The molecule has 2 heterocycles. The number of nitrogens with one attached hydrogen (secondary N) is 1. The van der Waals surface area contributed by atoms with Crippen LogP contribution in [0.15, 0.2) is 23.1 Å². The van der Waals surface area contributed by atoms with Gasteiger partial charge in [-0.2, -0.15) is 0 Å². The molecule has 0 unspecified atom stereocenters. The Morgan fingerprint density at radius 2 is 2.00 bits per heavy atom. The maximum Gasteiger partial charge on any atom is 0.242 e. The summed E-state index contributed by atoms with van der Waals surface area (Å²) in [6, 6.07) is 5.68. The molecule has 1 N–H and O–H groups in total. The lowest BCUT2D eigenvalue weighted by atomic mass is 10.2. The summed E-state index contributed by atoms with van der Waals surface area (Å²) in [5, 5.41) is 3.40. The van der Waals surface area contributed by atoms with E-state index in [0.29, 0.717) is 6.04 Å². The van der Waals surface area contributed by atoms with E-state index in [1.807, 2.05) is 6.07 Å². The fraction of sp³-hybridized carbons (Fsp3) is 0.588. The van der Waals surface area contributed by atoms with Crippen LogP contribution in [0.2, 0.25) is 0 Å². The molecule has 1 fully saturated rings. The summed E-state index contributed by atoms with van der Waals surface area (Å²) >= 11 is 0. The number of aromatic nitrogens is 2. The first-order valence-corrected chi connectivity index (χ1v) is 10.1. The van der Waals surface area contributed by atoms with Crippen molar-refractivity contribution in [3.8, 4) is 0 Å². The second-order valence-corrected chi connectivity index (χ2v) is 8.89. The number of halogens is 2. The SMILES string of the molecule is CCn1c(CN2CCNC[C@H]2C)nc2cc(S(=O)(=O)N(C)C)ccc21.Cl.Cl. The number of piperazine rings is 1. The Labute approximate surface area is 174 Å². The summed E-state index contributed by atoms with van der Waals surface area (Å²) in [5.41, 5.74) is 1.72. The average molecular weight is 438 g/mol. The van der Waals surface area contributed by atoms with Gasteiger partial charge in [-0.1, -0.05) is 0 Å². The van der Waals surface area contributed by atoms with E-state index in [1.165, 1.54) is 4.31 Å². The zero-order valence-corrected chi connectivity index (χ0v) is 18.6. The minimum Gasteiger partial charge on any atom is -0.327 e. The van der Waals surface area contributed by atoms with Crippen LogP contribution in [0.4, 0.5) is 0 Å². The summed E-state index contributed by atoms with van der Waals surface area (Å²) in [4.78, 5) is 7.47. The van der Waals surface area contributed by atoms with E-state index in [4.69, 9.17) is 4.98 Å². The molecule has 0 bridgehead atoms. The van der Waals surface area contributed by atoms with Crippen molar-refractivity contribution in [3.63, 3.8) is 0 Å². The van der Waals surface area contributed by atoms with Crippen molar-refractivity contribution in [1.29, 1.82) is 0 Å². The van der Waals surface area contributed by atoms with Crippen LogP contribution >= 0.6 is 24.8 Å². The van der Waals surface area contributed by atoms with Crippen LogP contribution in [0.3, 0.4) is 0 Å². The Morgan fingerprint density at radius 3 is 2.59 bits per heavy atom. The molecular formula is C17H29Cl2N5O2S. The Hall–Kier alpha value is -0.900. The summed E-state index contributed by atoms with van der Waals surface area (Å²) in [6.45, 7) is 8.87. The summed E-state index contributed by atoms with van der Waals surface area (Å²) in [7, 11) is -0.363. The zero-order chi connectivity index (χ0) is 18.2. The Bertz CT molecular complexity index is 870. The highest BCUT2D eigenvalue weighted by molar-refractivity contribution is 7.89. The lowest BCUT2D eigenvalue weighted by molar-refractivity contribution is 0.160. The van der Waals surface area contributed by atoms with Crippen LogP contribution in [0.1, 0.15) is 19.7 Å². The molecule has 0 aliphatic carbocycles. The van der Waals surface area contributed by atoms with Gasteiger partial charge < -0.3 is 9.88 Å². The molecule has 1 aliphatic heterocycles. The lowest BCUT2D eigenvalue weighted by Crippen LogP contribution is -2.49. The molecule has 10 heteroatoms. The molecule has 154 valence electrons. The van der Waals surface area contributed by atoms with Crippen LogP contribution in [0.5, 0.6) is 0 Å². The van der Waals surface area contributed by atoms with Gasteiger partial charge in [-0.05, 0) is 32.0 Å². The third kappa shape index (κ3) is 4.75. The van der Waals surface area contributed by atoms with Crippen molar-refractivity contribution in [3.05, 3.63) is 24.0 Å². The van der Waals surface area contributed by atoms with Gasteiger partial charge >= 0.3 is 0 Å². The average Bonchev–Trinajstić information content (AvgIpc) is 2.92. The Balaban J connectivity index is 0.00000182. The fourth-order valence-electron chi connectivity index (χ4n) is 3.30. The zero-order valence-electron chi connectivity index (χ0n) is 16.2. The minimum absolute atomic E-state index is 0. The van der Waals surface area contributed by atoms with E-state index in [1.54, 1.807) is 26.2 Å². The van der Waals surface area contributed by atoms with E-state index < -0.39 is 10.0 Å². The van der Waals surface area contributed by atoms with Crippen LogP contribution in [0.25, 0.3) is 11.0 Å². The molecule has 0 amide bonds. The van der Waals surface area contributed by atoms with Crippen LogP contribution in [-0.4, -0.2) is 66.9 Å². The van der Waals surface area contributed by atoms with Gasteiger partial charge in [0.15, 0.2) is 0 Å². The number of aryl methyl sites for hydroxylation is 1. The van der Waals surface area contributed by atoms with Gasteiger partial charge in [-0.25, -0.2) is 17.7 Å². The number of fused-ring (bicyclic) bond motifs is 1. The predicted molar refractivity (Wildman–Crippen MR) is 114 cm³/mol. The Morgan fingerprint density at radius 1 is 1.30 bits per heavy atom. The summed E-state index contributed by atoms with van der Waals surface area (Å²) in [6.07, 6.45) is 0. The molecule has 2 aromatic rings. The number of rotatable bonds is 5. The smallest absolute Gasteiger partial charge is 0.242 e. The molecule has 1 aromatic heterocycles. The van der Waals surface area contributed by atoms with Gasteiger partial charge in [0.25, 0.3) is 0 Å². The third-order valence-electron chi connectivity index (χ3n) is 4.88. The molecule has 0 saturated carbocycles. The maximum absolute atomic E-state index is 12.4. The molecule has 3 rings (SSSR count). The highest BCUT2D eigenvalue weighted by Crippen LogP contribution is 2.23. The molecule has 7 nitrogen and oxygen atoms in total. The molecule has 27 heavy (non-hydrogen) atoms. The van der Waals surface area contributed by atoms with E-state index in [0.717, 1.165) is 49.6 Å². The van der Waals surface area contributed by atoms with Gasteiger partial charge in [-0.3, -0.25) is 4.90 Å². The van der Waals surface area contributed by atoms with Gasteiger partial charge in [-0.15, -0.1) is 24.8 Å². The number of hydrogen-bond acceptors (Lipinski definition) is 5. The van der Waals surface area contributed by atoms with Gasteiger partial charge in [0, 0.05) is 46.3 Å². The van der Waals surface area contributed by atoms with Crippen molar-refractivity contribution in [1.82, 2.24) is 24.1 Å². The van der Waals surface area contributed by atoms with Gasteiger partial charge in [0.1, 0.15) is 5.82 Å². The minimum atomic E-state index is -3.45. The van der Waals surface area contributed by atoms with E-state index in [-0.39, 0.29) is 29.7 Å². The monoisotopic (exact) mass is 437 g/mol.